The van der Waals surface area contributed by atoms with Crippen LogP contribution in [0.4, 0.5) is 0 Å². The zero-order valence-corrected chi connectivity index (χ0v) is 13.4. The van der Waals surface area contributed by atoms with Crippen molar-refractivity contribution < 1.29 is 23.7 Å². The summed E-state index contributed by atoms with van der Waals surface area (Å²) in [6.07, 6.45) is 1.81. The quantitative estimate of drug-likeness (QED) is 0.485. The van der Waals surface area contributed by atoms with Crippen LogP contribution in [0.1, 0.15) is 20.8 Å². The predicted octanol–water partition coefficient (Wildman–Crippen LogP) is 1.14. The molecule has 0 heterocycles. The van der Waals surface area contributed by atoms with Crippen molar-refractivity contribution in [3.05, 3.63) is 11.8 Å². The van der Waals surface area contributed by atoms with Crippen LogP contribution in [0.25, 0.3) is 0 Å². The molecule has 0 atom stereocenters. The van der Waals surface area contributed by atoms with Crippen LogP contribution in [0, 0.1) is 5.92 Å². The van der Waals surface area contributed by atoms with Crippen LogP contribution >= 0.6 is 0 Å². The minimum absolute atomic E-state index is 0.0182. The summed E-state index contributed by atoms with van der Waals surface area (Å²) in [6.45, 7) is 9.09. The molecule has 0 fully saturated rings. The lowest BCUT2D eigenvalue weighted by Gasteiger charge is -2.08. The summed E-state index contributed by atoms with van der Waals surface area (Å²) in [5, 5.41) is 0. The number of Topliss-reactive ketones (excluding diaryl/α,β-unsaturated/α-hetero) is 1. The van der Waals surface area contributed by atoms with Crippen LogP contribution < -0.4 is 5.73 Å². The van der Waals surface area contributed by atoms with Crippen molar-refractivity contribution in [1.82, 2.24) is 0 Å². The smallest absolute Gasteiger partial charge is 0.160 e. The van der Waals surface area contributed by atoms with Crippen LogP contribution in [0.5, 0.6) is 0 Å². The lowest BCUT2D eigenvalue weighted by atomic mass is 10.1. The Balaban J connectivity index is 3.14. The molecule has 0 saturated carbocycles. The molecule has 2 N–H and O–H groups in total. The van der Waals surface area contributed by atoms with Crippen LogP contribution in [0.3, 0.4) is 0 Å². The van der Waals surface area contributed by atoms with E-state index < -0.39 is 0 Å². The number of ketones is 1. The average Bonchev–Trinajstić information content (AvgIpc) is 2.47. The molecular weight excluding hydrogens is 274 g/mol. The van der Waals surface area contributed by atoms with E-state index in [1.165, 1.54) is 0 Å². The van der Waals surface area contributed by atoms with Crippen molar-refractivity contribution >= 4 is 5.78 Å². The second-order valence-corrected chi connectivity index (χ2v) is 4.81. The SMILES string of the molecule is C/C=C(\N)COCCOCCOCCOCC(=O)C(C)C. The first-order valence-corrected chi connectivity index (χ1v) is 7.32. The Labute approximate surface area is 127 Å². The molecule has 0 rings (SSSR count). The van der Waals surface area contributed by atoms with Crippen molar-refractivity contribution in [2.45, 2.75) is 20.8 Å². The highest BCUT2D eigenvalue weighted by atomic mass is 16.6. The number of carbonyl (C=O) groups is 1. The molecule has 0 aromatic rings. The number of hydrogen-bond donors (Lipinski definition) is 1. The van der Waals surface area contributed by atoms with Gasteiger partial charge in [-0.15, -0.1) is 0 Å². The first-order chi connectivity index (χ1) is 10.1. The van der Waals surface area contributed by atoms with E-state index in [4.69, 9.17) is 24.7 Å². The number of nitrogens with two attached hydrogens (primary N) is 1. The molecule has 0 aromatic carbocycles. The van der Waals surface area contributed by atoms with Crippen molar-refractivity contribution in [2.75, 3.05) is 52.9 Å². The van der Waals surface area contributed by atoms with Gasteiger partial charge in [0, 0.05) is 11.6 Å². The van der Waals surface area contributed by atoms with E-state index in [0.29, 0.717) is 51.9 Å². The molecule has 6 nitrogen and oxygen atoms in total. The Morgan fingerprint density at radius 1 is 0.905 bits per heavy atom. The van der Waals surface area contributed by atoms with Crippen molar-refractivity contribution in [3.8, 4) is 0 Å². The molecule has 21 heavy (non-hydrogen) atoms. The Bertz CT molecular complexity index is 292. The average molecular weight is 303 g/mol. The number of carbonyl (C=O) groups excluding carboxylic acids is 1. The zero-order valence-electron chi connectivity index (χ0n) is 13.4. The van der Waals surface area contributed by atoms with Crippen molar-refractivity contribution in [1.29, 1.82) is 0 Å². The summed E-state index contributed by atoms with van der Waals surface area (Å²) in [5.41, 5.74) is 6.29. The molecule has 6 heteroatoms. The fourth-order valence-electron chi connectivity index (χ4n) is 1.17. The van der Waals surface area contributed by atoms with Gasteiger partial charge in [0.25, 0.3) is 0 Å². The monoisotopic (exact) mass is 303 g/mol. The van der Waals surface area contributed by atoms with Gasteiger partial charge in [-0.25, -0.2) is 0 Å². The molecule has 0 spiro atoms. The third-order valence-corrected chi connectivity index (χ3v) is 2.64. The fourth-order valence-corrected chi connectivity index (χ4v) is 1.17. The van der Waals surface area contributed by atoms with Gasteiger partial charge in [0.2, 0.25) is 0 Å². The maximum Gasteiger partial charge on any atom is 0.160 e. The van der Waals surface area contributed by atoms with E-state index in [1.807, 2.05) is 26.8 Å². The van der Waals surface area contributed by atoms with Gasteiger partial charge in [-0.1, -0.05) is 19.9 Å². The predicted molar refractivity (Wildman–Crippen MR) is 81.1 cm³/mol. The Morgan fingerprint density at radius 3 is 1.76 bits per heavy atom. The van der Waals surface area contributed by atoms with Gasteiger partial charge in [0.1, 0.15) is 6.61 Å². The first kappa shape index (κ1) is 20.1. The Morgan fingerprint density at radius 2 is 1.33 bits per heavy atom. The summed E-state index contributed by atoms with van der Waals surface area (Å²) in [4.78, 5) is 11.3. The largest absolute Gasteiger partial charge is 0.400 e. The van der Waals surface area contributed by atoms with Crippen molar-refractivity contribution in [3.63, 3.8) is 0 Å². The van der Waals surface area contributed by atoms with Crippen LogP contribution in [-0.4, -0.2) is 58.6 Å². The lowest BCUT2D eigenvalue weighted by molar-refractivity contribution is -0.127. The van der Waals surface area contributed by atoms with Gasteiger partial charge in [-0.05, 0) is 6.92 Å². The zero-order chi connectivity index (χ0) is 15.9. The molecule has 0 aliphatic carbocycles. The molecule has 0 aliphatic heterocycles. The van der Waals surface area contributed by atoms with E-state index in [2.05, 4.69) is 0 Å². The van der Waals surface area contributed by atoms with Crippen LogP contribution in [-0.2, 0) is 23.7 Å². The molecular formula is C15H29NO5. The fraction of sp³-hybridized carbons (Fsp3) is 0.800. The molecule has 0 radical (unpaired) electrons. The second kappa shape index (κ2) is 14.0. The second-order valence-electron chi connectivity index (χ2n) is 4.81. The Kier molecular flexibility index (Phi) is 13.4. The standard InChI is InChI=1S/C15H29NO5/c1-4-14(16)11-20-9-7-18-5-6-19-8-10-21-12-15(17)13(2)3/h4,13H,5-12,16H2,1-3H3/b14-4-. The molecule has 0 aliphatic rings. The highest BCUT2D eigenvalue weighted by Crippen LogP contribution is 1.94. The van der Waals surface area contributed by atoms with Gasteiger partial charge >= 0.3 is 0 Å². The van der Waals surface area contributed by atoms with Crippen molar-refractivity contribution in [2.24, 2.45) is 11.7 Å². The maximum absolute atomic E-state index is 11.3. The highest BCUT2D eigenvalue weighted by Gasteiger charge is 2.06. The van der Waals surface area contributed by atoms with Crippen LogP contribution in [0.2, 0.25) is 0 Å². The summed E-state index contributed by atoms with van der Waals surface area (Å²) < 4.78 is 21.1. The van der Waals surface area contributed by atoms with Gasteiger partial charge in [0.15, 0.2) is 5.78 Å². The Hall–Kier alpha value is -0.950. The number of rotatable bonds is 14. The van der Waals surface area contributed by atoms with Crippen LogP contribution in [0.15, 0.2) is 11.8 Å². The van der Waals surface area contributed by atoms with Gasteiger partial charge in [-0.3, -0.25) is 4.79 Å². The van der Waals surface area contributed by atoms with E-state index in [1.54, 1.807) is 0 Å². The summed E-state index contributed by atoms with van der Waals surface area (Å²) >= 11 is 0. The topological polar surface area (TPSA) is 80.0 Å². The number of ether oxygens (including phenoxy) is 4. The van der Waals surface area contributed by atoms with E-state index in [-0.39, 0.29) is 18.3 Å². The lowest BCUT2D eigenvalue weighted by Crippen LogP contribution is -2.17. The third-order valence-electron chi connectivity index (χ3n) is 2.64. The summed E-state index contributed by atoms with van der Waals surface area (Å²) in [5.74, 6) is 0.126. The minimum Gasteiger partial charge on any atom is -0.400 e. The van der Waals surface area contributed by atoms with E-state index in [0.717, 1.165) is 0 Å². The summed E-state index contributed by atoms with van der Waals surface area (Å²) in [7, 11) is 0. The molecule has 0 bridgehead atoms. The maximum atomic E-state index is 11.3. The first-order valence-electron chi connectivity index (χ1n) is 7.32. The van der Waals surface area contributed by atoms with E-state index in [9.17, 15) is 4.79 Å². The number of hydrogen-bond acceptors (Lipinski definition) is 6. The minimum atomic E-state index is 0.0182. The summed E-state index contributed by atoms with van der Waals surface area (Å²) in [6, 6.07) is 0. The number of allylic oxidation sites excluding steroid dienone is 1. The molecule has 0 saturated heterocycles. The molecule has 0 amide bonds. The van der Waals surface area contributed by atoms with E-state index >= 15 is 0 Å². The van der Waals surface area contributed by atoms with Gasteiger partial charge < -0.3 is 24.7 Å². The highest BCUT2D eigenvalue weighted by molar-refractivity contribution is 5.81. The molecule has 0 unspecified atom stereocenters. The van der Waals surface area contributed by atoms with Gasteiger partial charge in [0.05, 0.1) is 46.2 Å². The molecule has 124 valence electrons. The normalized spacial score (nSPS) is 12.1. The third kappa shape index (κ3) is 13.8. The van der Waals surface area contributed by atoms with Gasteiger partial charge in [-0.2, -0.15) is 0 Å². The molecule has 0 aromatic heterocycles.